The number of nitrogens with one attached hydrogen (secondary N) is 1. The van der Waals surface area contributed by atoms with Gasteiger partial charge in [-0.05, 0) is 45.9 Å². The number of nitrogens with two attached hydrogens (primary N) is 1. The number of anilines is 1. The lowest BCUT2D eigenvalue weighted by molar-refractivity contribution is -0.133. The number of hydrogen-bond donors (Lipinski definition) is 2. The van der Waals surface area contributed by atoms with Gasteiger partial charge in [0.1, 0.15) is 5.75 Å². The van der Waals surface area contributed by atoms with Crippen LogP contribution in [0.3, 0.4) is 0 Å². The fourth-order valence-electron chi connectivity index (χ4n) is 1.79. The molecule has 2 amide bonds. The molecule has 128 valence electrons. The van der Waals surface area contributed by atoms with Crippen LogP contribution >= 0.6 is 11.6 Å². The number of rotatable bonds is 7. The molecule has 0 unspecified atom stereocenters. The number of nitrogens with zero attached hydrogens (tertiary/aromatic N) is 1. The second-order valence-corrected chi connectivity index (χ2v) is 6.08. The molecule has 0 bridgehead atoms. The quantitative estimate of drug-likeness (QED) is 0.796. The molecule has 0 fully saturated rings. The Bertz CT molecular complexity index is 566. The van der Waals surface area contributed by atoms with Crippen molar-refractivity contribution in [1.82, 2.24) is 4.90 Å². The zero-order valence-corrected chi connectivity index (χ0v) is 14.7. The molecule has 0 aliphatic carbocycles. The van der Waals surface area contributed by atoms with E-state index in [-0.39, 0.29) is 18.4 Å². The van der Waals surface area contributed by atoms with Gasteiger partial charge in [-0.25, -0.2) is 0 Å². The smallest absolute Gasteiger partial charge is 0.260 e. The van der Waals surface area contributed by atoms with Gasteiger partial charge in [0, 0.05) is 18.8 Å². The third-order valence-corrected chi connectivity index (χ3v) is 3.54. The van der Waals surface area contributed by atoms with Crippen molar-refractivity contribution in [2.45, 2.75) is 33.2 Å². The largest absolute Gasteiger partial charge is 0.482 e. The predicted molar refractivity (Wildman–Crippen MR) is 91.8 cm³/mol. The number of carbonyl (C=O) groups is 2. The molecule has 0 saturated carbocycles. The molecule has 0 radical (unpaired) electrons. The first-order chi connectivity index (χ1) is 10.7. The maximum Gasteiger partial charge on any atom is 0.260 e. The van der Waals surface area contributed by atoms with E-state index in [2.05, 4.69) is 5.32 Å². The number of hydrogen-bond acceptors (Lipinski definition) is 4. The van der Waals surface area contributed by atoms with Crippen molar-refractivity contribution < 1.29 is 14.3 Å². The van der Waals surface area contributed by atoms with Crippen molar-refractivity contribution in [2.24, 2.45) is 5.73 Å². The van der Waals surface area contributed by atoms with Gasteiger partial charge in [0.25, 0.3) is 5.91 Å². The van der Waals surface area contributed by atoms with Crippen LogP contribution in [0, 0.1) is 0 Å². The van der Waals surface area contributed by atoms with Gasteiger partial charge in [0.2, 0.25) is 5.91 Å². The lowest BCUT2D eigenvalue weighted by atomic mass is 10.1. The first-order valence-corrected chi connectivity index (χ1v) is 7.87. The highest BCUT2D eigenvalue weighted by Gasteiger charge is 2.22. The monoisotopic (exact) mass is 341 g/mol. The Balaban J connectivity index is 2.70. The number of carbonyl (C=O) groups excluding carboxylic acids is 2. The zero-order chi connectivity index (χ0) is 17.6. The number of ether oxygens (including phenoxy) is 1. The topological polar surface area (TPSA) is 84.7 Å². The average Bonchev–Trinajstić information content (AvgIpc) is 2.46. The molecule has 1 aromatic carbocycles. The van der Waals surface area contributed by atoms with E-state index < -0.39 is 5.54 Å². The Morgan fingerprint density at radius 3 is 2.39 bits per heavy atom. The van der Waals surface area contributed by atoms with E-state index in [4.69, 9.17) is 22.1 Å². The standard InChI is InChI=1S/C16H24ClN3O3/c1-5-20(6-2)14(21)10-23-13-8-7-11(9-12(13)17)19-15(22)16(3,4)18/h7-9H,5-6,10,18H2,1-4H3,(H,19,22). The molecule has 23 heavy (non-hydrogen) atoms. The van der Waals surface area contributed by atoms with Gasteiger partial charge in [-0.3, -0.25) is 9.59 Å². The summed E-state index contributed by atoms with van der Waals surface area (Å²) in [5.41, 5.74) is 5.25. The summed E-state index contributed by atoms with van der Waals surface area (Å²) in [6.45, 7) is 8.22. The summed E-state index contributed by atoms with van der Waals surface area (Å²) in [6.07, 6.45) is 0. The summed E-state index contributed by atoms with van der Waals surface area (Å²) < 4.78 is 5.45. The number of halogens is 1. The van der Waals surface area contributed by atoms with Gasteiger partial charge in [-0.15, -0.1) is 0 Å². The van der Waals surface area contributed by atoms with Gasteiger partial charge in [0.15, 0.2) is 6.61 Å². The summed E-state index contributed by atoms with van der Waals surface area (Å²) in [5.74, 6) is -0.0375. The molecule has 3 N–H and O–H groups in total. The minimum Gasteiger partial charge on any atom is -0.482 e. The summed E-state index contributed by atoms with van der Waals surface area (Å²) >= 11 is 6.13. The fraction of sp³-hybridized carbons (Fsp3) is 0.500. The van der Waals surface area contributed by atoms with Crippen molar-refractivity contribution in [3.8, 4) is 5.75 Å². The molecule has 0 heterocycles. The maximum absolute atomic E-state index is 11.9. The van der Waals surface area contributed by atoms with Gasteiger partial charge in [-0.1, -0.05) is 11.6 Å². The second-order valence-electron chi connectivity index (χ2n) is 5.68. The first-order valence-electron chi connectivity index (χ1n) is 7.49. The molecule has 1 rings (SSSR count). The minimum absolute atomic E-state index is 0.0804. The van der Waals surface area contributed by atoms with Gasteiger partial charge in [-0.2, -0.15) is 0 Å². The highest BCUT2D eigenvalue weighted by Crippen LogP contribution is 2.28. The second kappa shape index (κ2) is 8.17. The van der Waals surface area contributed by atoms with Crippen LogP contribution < -0.4 is 15.8 Å². The van der Waals surface area contributed by atoms with Crippen LogP contribution in [0.1, 0.15) is 27.7 Å². The van der Waals surface area contributed by atoms with E-state index in [9.17, 15) is 9.59 Å². The third-order valence-electron chi connectivity index (χ3n) is 3.24. The van der Waals surface area contributed by atoms with Crippen molar-refractivity contribution in [1.29, 1.82) is 0 Å². The lowest BCUT2D eigenvalue weighted by Gasteiger charge is -2.19. The van der Waals surface area contributed by atoms with E-state index in [0.717, 1.165) is 0 Å². The van der Waals surface area contributed by atoms with Crippen molar-refractivity contribution in [3.63, 3.8) is 0 Å². The van der Waals surface area contributed by atoms with Crippen LogP contribution in [0.5, 0.6) is 5.75 Å². The summed E-state index contributed by atoms with van der Waals surface area (Å²) in [7, 11) is 0. The molecule has 6 nitrogen and oxygen atoms in total. The van der Waals surface area contributed by atoms with Crippen molar-refractivity contribution >= 4 is 29.1 Å². The maximum atomic E-state index is 11.9. The van der Waals surface area contributed by atoms with Gasteiger partial charge < -0.3 is 20.7 Å². The van der Waals surface area contributed by atoms with Crippen LogP contribution in [0.25, 0.3) is 0 Å². The number of likely N-dealkylation sites (N-methyl/N-ethyl adjacent to an activating group) is 1. The molecule has 0 saturated heterocycles. The Kier molecular flexibility index (Phi) is 6.84. The van der Waals surface area contributed by atoms with E-state index >= 15 is 0 Å². The third kappa shape index (κ3) is 5.73. The Hall–Kier alpha value is -1.79. The Morgan fingerprint density at radius 1 is 1.30 bits per heavy atom. The van der Waals surface area contributed by atoms with Crippen molar-refractivity contribution in [3.05, 3.63) is 23.2 Å². The van der Waals surface area contributed by atoms with E-state index in [1.807, 2.05) is 13.8 Å². The number of benzene rings is 1. The van der Waals surface area contributed by atoms with Crippen LogP contribution in [0.2, 0.25) is 5.02 Å². The molecule has 0 aliphatic heterocycles. The van der Waals surface area contributed by atoms with Crippen LogP contribution in [0.4, 0.5) is 5.69 Å². The van der Waals surface area contributed by atoms with Gasteiger partial charge in [0.05, 0.1) is 10.6 Å². The SMILES string of the molecule is CCN(CC)C(=O)COc1ccc(NC(=O)C(C)(C)N)cc1Cl. The van der Waals surface area contributed by atoms with E-state index in [0.29, 0.717) is 29.5 Å². The van der Waals surface area contributed by atoms with Gasteiger partial charge >= 0.3 is 0 Å². The Morgan fingerprint density at radius 2 is 1.91 bits per heavy atom. The predicted octanol–water partition coefficient (Wildman–Crippen LogP) is 2.26. The average molecular weight is 342 g/mol. The molecule has 0 atom stereocenters. The molecule has 0 aromatic heterocycles. The van der Waals surface area contributed by atoms with E-state index in [1.54, 1.807) is 36.9 Å². The van der Waals surface area contributed by atoms with Crippen LogP contribution in [0.15, 0.2) is 18.2 Å². The first kappa shape index (κ1) is 19.3. The summed E-state index contributed by atoms with van der Waals surface area (Å²) in [6, 6.07) is 4.81. The Labute approximate surface area is 141 Å². The summed E-state index contributed by atoms with van der Waals surface area (Å²) in [4.78, 5) is 25.4. The molecule has 7 heteroatoms. The van der Waals surface area contributed by atoms with Crippen LogP contribution in [-0.4, -0.2) is 41.9 Å². The highest BCUT2D eigenvalue weighted by molar-refractivity contribution is 6.32. The molecular formula is C16H24ClN3O3. The number of amides is 2. The normalized spacial score (nSPS) is 11.0. The van der Waals surface area contributed by atoms with Crippen LogP contribution in [-0.2, 0) is 9.59 Å². The zero-order valence-electron chi connectivity index (χ0n) is 14.0. The lowest BCUT2D eigenvalue weighted by Crippen LogP contribution is -2.45. The highest BCUT2D eigenvalue weighted by atomic mass is 35.5. The molecule has 0 aliphatic rings. The summed E-state index contributed by atoms with van der Waals surface area (Å²) in [5, 5.41) is 2.98. The van der Waals surface area contributed by atoms with Crippen molar-refractivity contribution in [2.75, 3.05) is 25.0 Å². The van der Waals surface area contributed by atoms with E-state index in [1.165, 1.54) is 0 Å². The minimum atomic E-state index is -0.988. The molecular weight excluding hydrogens is 318 g/mol. The molecule has 0 spiro atoms. The fourth-order valence-corrected chi connectivity index (χ4v) is 2.03. The molecule has 1 aromatic rings.